The second kappa shape index (κ2) is 7.25. The summed E-state index contributed by atoms with van der Waals surface area (Å²) in [7, 11) is 0. The van der Waals surface area contributed by atoms with Gasteiger partial charge in [-0.05, 0) is 24.6 Å². The number of aliphatic carboxylic acids is 2. The van der Waals surface area contributed by atoms with Gasteiger partial charge < -0.3 is 19.7 Å². The second-order valence-electron chi connectivity index (χ2n) is 7.28. The molecule has 0 saturated carbocycles. The Hall–Kier alpha value is -3.33. The highest BCUT2D eigenvalue weighted by molar-refractivity contribution is 6.00. The van der Waals surface area contributed by atoms with Crippen LogP contribution in [0.2, 0.25) is 0 Å². The predicted octanol–water partition coefficient (Wildman–Crippen LogP) is 2.07. The number of Topliss-reactive ketones (excluding diaryl/α,β-unsaturated/α-hetero) is 1. The number of aromatic nitrogens is 1. The molecule has 0 aliphatic heterocycles. The molecule has 3 atom stereocenters. The summed E-state index contributed by atoms with van der Waals surface area (Å²) in [6, 6.07) is 5.65. The number of carbonyl (C=O) groups excluding carboxylic acids is 1. The minimum absolute atomic E-state index is 0.248. The Balaban J connectivity index is 1.87. The third-order valence-electron chi connectivity index (χ3n) is 5.01. The van der Waals surface area contributed by atoms with Crippen LogP contribution in [-0.2, 0) is 16.0 Å². The fourth-order valence-electron chi connectivity index (χ4n) is 3.30. The highest BCUT2D eigenvalue weighted by Gasteiger charge is 2.55. The number of ketones is 1. The molecule has 0 fully saturated rings. The zero-order valence-electron chi connectivity index (χ0n) is 15.3. The van der Waals surface area contributed by atoms with Gasteiger partial charge in [-0.25, -0.2) is 14.2 Å². The predicted molar refractivity (Wildman–Crippen MR) is 95.6 cm³/mol. The molecule has 3 N–H and O–H groups in total. The zero-order chi connectivity index (χ0) is 21.4. The molecule has 29 heavy (non-hydrogen) atoms. The van der Waals surface area contributed by atoms with E-state index >= 15 is 0 Å². The van der Waals surface area contributed by atoms with Gasteiger partial charge in [-0.3, -0.25) is 9.59 Å². The standard InChI is InChI=1S/C20H18FNO7/c1-19(17(24)25)7-6-14(20(28,10-19)18(26)27)15(23)16-22-13(9-29-16)8-11-2-4-12(21)5-3-11/h2-7,9,14,28H,8,10H2,1H3,(H,24,25)(H,26,27). The number of rotatable bonds is 6. The monoisotopic (exact) mass is 403 g/mol. The quantitative estimate of drug-likeness (QED) is 0.492. The van der Waals surface area contributed by atoms with E-state index in [0.717, 1.165) is 11.6 Å². The molecule has 1 aliphatic rings. The lowest BCUT2D eigenvalue weighted by molar-refractivity contribution is -0.169. The number of oxazole rings is 1. The van der Waals surface area contributed by atoms with Crippen LogP contribution >= 0.6 is 0 Å². The minimum Gasteiger partial charge on any atom is -0.481 e. The van der Waals surface area contributed by atoms with Crippen LogP contribution in [0.15, 0.2) is 47.1 Å². The molecular weight excluding hydrogens is 385 g/mol. The van der Waals surface area contributed by atoms with Crippen molar-refractivity contribution in [1.29, 1.82) is 0 Å². The number of carboxylic acid groups (broad SMARTS) is 2. The van der Waals surface area contributed by atoms with Crippen molar-refractivity contribution in [3.05, 3.63) is 65.6 Å². The first kappa shape index (κ1) is 20.4. The number of benzene rings is 1. The highest BCUT2D eigenvalue weighted by atomic mass is 19.1. The van der Waals surface area contributed by atoms with Crippen molar-refractivity contribution in [3.63, 3.8) is 0 Å². The number of halogens is 1. The topological polar surface area (TPSA) is 138 Å². The first-order valence-corrected chi connectivity index (χ1v) is 8.67. The molecule has 0 radical (unpaired) electrons. The number of hydrogen-bond donors (Lipinski definition) is 3. The first-order valence-electron chi connectivity index (χ1n) is 8.67. The lowest BCUT2D eigenvalue weighted by atomic mass is 9.67. The van der Waals surface area contributed by atoms with Crippen molar-refractivity contribution in [2.24, 2.45) is 11.3 Å². The normalized spacial score (nSPS) is 26.2. The van der Waals surface area contributed by atoms with Gasteiger partial charge in [0.25, 0.3) is 5.89 Å². The van der Waals surface area contributed by atoms with Crippen LogP contribution < -0.4 is 0 Å². The third-order valence-corrected chi connectivity index (χ3v) is 5.01. The summed E-state index contributed by atoms with van der Waals surface area (Å²) < 4.78 is 18.1. The first-order chi connectivity index (χ1) is 13.5. The van der Waals surface area contributed by atoms with Gasteiger partial charge in [0.15, 0.2) is 5.60 Å². The molecule has 1 heterocycles. The van der Waals surface area contributed by atoms with Gasteiger partial charge in [-0.15, -0.1) is 0 Å². The average molecular weight is 403 g/mol. The van der Waals surface area contributed by atoms with Gasteiger partial charge in [0.05, 0.1) is 17.0 Å². The molecule has 3 rings (SSSR count). The van der Waals surface area contributed by atoms with Crippen LogP contribution in [0.3, 0.4) is 0 Å². The smallest absolute Gasteiger partial charge is 0.336 e. The average Bonchev–Trinajstić information content (AvgIpc) is 3.11. The summed E-state index contributed by atoms with van der Waals surface area (Å²) in [6.45, 7) is 1.26. The molecule has 3 unspecified atom stereocenters. The van der Waals surface area contributed by atoms with Gasteiger partial charge >= 0.3 is 11.9 Å². The maximum atomic E-state index is 13.0. The SMILES string of the molecule is CC1(C(=O)O)C=CC(C(=O)c2nc(Cc3ccc(F)cc3)co2)C(O)(C(=O)O)C1. The molecule has 0 bridgehead atoms. The number of aliphatic hydroxyl groups is 1. The largest absolute Gasteiger partial charge is 0.481 e. The molecule has 0 amide bonds. The summed E-state index contributed by atoms with van der Waals surface area (Å²) in [5.41, 5.74) is -3.21. The van der Waals surface area contributed by atoms with Gasteiger partial charge in [0, 0.05) is 12.8 Å². The van der Waals surface area contributed by atoms with E-state index in [1.165, 1.54) is 31.4 Å². The molecule has 0 spiro atoms. The van der Waals surface area contributed by atoms with Crippen LogP contribution in [0, 0.1) is 17.2 Å². The number of hydrogen-bond acceptors (Lipinski definition) is 6. The lowest BCUT2D eigenvalue weighted by Crippen LogP contribution is -2.54. The van der Waals surface area contributed by atoms with Crippen molar-refractivity contribution >= 4 is 17.7 Å². The van der Waals surface area contributed by atoms with Crippen molar-refractivity contribution < 1.29 is 38.5 Å². The van der Waals surface area contributed by atoms with Crippen LogP contribution in [0.5, 0.6) is 0 Å². The Kier molecular flexibility index (Phi) is 5.10. The van der Waals surface area contributed by atoms with E-state index in [2.05, 4.69) is 4.98 Å². The fraction of sp³-hybridized carbons (Fsp3) is 0.300. The van der Waals surface area contributed by atoms with E-state index < -0.39 is 52.8 Å². The molecule has 0 saturated heterocycles. The van der Waals surface area contributed by atoms with Crippen LogP contribution in [0.25, 0.3) is 0 Å². The summed E-state index contributed by atoms with van der Waals surface area (Å²) in [5, 5.41) is 29.5. The van der Waals surface area contributed by atoms with E-state index in [1.54, 1.807) is 12.1 Å². The van der Waals surface area contributed by atoms with Crippen LogP contribution in [0.4, 0.5) is 4.39 Å². The number of carboxylic acids is 2. The summed E-state index contributed by atoms with van der Waals surface area (Å²) in [6.07, 6.45) is 3.03. The third kappa shape index (κ3) is 3.81. The van der Waals surface area contributed by atoms with Crippen molar-refractivity contribution in [3.8, 4) is 0 Å². The molecule has 9 heteroatoms. The van der Waals surface area contributed by atoms with Crippen LogP contribution in [-0.4, -0.2) is 43.6 Å². The minimum atomic E-state index is -2.63. The molecular formula is C20H18FNO7. The van der Waals surface area contributed by atoms with Gasteiger partial charge in [-0.2, -0.15) is 0 Å². The second-order valence-corrected chi connectivity index (χ2v) is 7.28. The maximum Gasteiger partial charge on any atom is 0.336 e. The van der Waals surface area contributed by atoms with E-state index in [9.17, 15) is 34.1 Å². The summed E-state index contributed by atoms with van der Waals surface area (Å²) >= 11 is 0. The molecule has 1 aromatic carbocycles. The molecule has 1 aliphatic carbocycles. The summed E-state index contributed by atoms with van der Waals surface area (Å²) in [4.78, 5) is 40.0. The molecule has 8 nitrogen and oxygen atoms in total. The Bertz CT molecular complexity index is 997. The van der Waals surface area contributed by atoms with E-state index in [1.807, 2.05) is 0 Å². The van der Waals surface area contributed by atoms with Gasteiger partial charge in [-0.1, -0.05) is 24.3 Å². The molecule has 1 aromatic heterocycles. The van der Waals surface area contributed by atoms with E-state index in [-0.39, 0.29) is 6.42 Å². The summed E-state index contributed by atoms with van der Waals surface area (Å²) in [5.74, 6) is -6.29. The molecule has 152 valence electrons. The lowest BCUT2D eigenvalue weighted by Gasteiger charge is -2.38. The van der Waals surface area contributed by atoms with E-state index in [4.69, 9.17) is 4.42 Å². The van der Waals surface area contributed by atoms with E-state index in [0.29, 0.717) is 5.69 Å². The van der Waals surface area contributed by atoms with Crippen molar-refractivity contribution in [2.75, 3.05) is 0 Å². The van der Waals surface area contributed by atoms with Crippen molar-refractivity contribution in [1.82, 2.24) is 4.98 Å². The Morgan fingerprint density at radius 3 is 2.45 bits per heavy atom. The Morgan fingerprint density at radius 2 is 1.86 bits per heavy atom. The Morgan fingerprint density at radius 1 is 1.21 bits per heavy atom. The number of carbonyl (C=O) groups is 3. The zero-order valence-corrected chi connectivity index (χ0v) is 15.3. The Labute approximate surface area is 164 Å². The highest BCUT2D eigenvalue weighted by Crippen LogP contribution is 2.41. The maximum absolute atomic E-state index is 13.0. The van der Waals surface area contributed by atoms with Gasteiger partial charge in [0.2, 0.25) is 5.78 Å². The fourth-order valence-corrected chi connectivity index (χ4v) is 3.30. The van der Waals surface area contributed by atoms with Crippen molar-refractivity contribution in [2.45, 2.75) is 25.4 Å². The van der Waals surface area contributed by atoms with Crippen LogP contribution in [0.1, 0.15) is 35.3 Å². The molecule has 2 aromatic rings. The number of nitrogens with zero attached hydrogens (tertiary/aromatic N) is 1. The van der Waals surface area contributed by atoms with Gasteiger partial charge in [0.1, 0.15) is 12.1 Å².